The Balaban J connectivity index is 1.48. The summed E-state index contributed by atoms with van der Waals surface area (Å²) < 4.78 is 0. The summed E-state index contributed by atoms with van der Waals surface area (Å²) in [6.07, 6.45) is 0. The number of rotatable bonds is 6. The third-order valence-electron chi connectivity index (χ3n) is 7.41. The summed E-state index contributed by atoms with van der Waals surface area (Å²) in [5, 5.41) is 28.4. The summed E-state index contributed by atoms with van der Waals surface area (Å²) in [5.74, 6) is 0. The quantitative estimate of drug-likeness (QED) is 0.221. The fourth-order valence-corrected chi connectivity index (χ4v) is 5.46. The topological polar surface area (TPSA) is 64.5 Å². The molecule has 0 amide bonds. The summed E-state index contributed by atoms with van der Waals surface area (Å²) in [7, 11) is 0. The maximum atomic E-state index is 10.6. The molecular weight excluding hydrogens is 456 g/mol. The van der Waals surface area contributed by atoms with Crippen molar-refractivity contribution < 1.29 is 10.2 Å². The lowest BCUT2D eigenvalue weighted by Crippen LogP contribution is -2.18. The van der Waals surface area contributed by atoms with Gasteiger partial charge >= 0.3 is 0 Å². The van der Waals surface area contributed by atoms with Gasteiger partial charge in [-0.25, -0.2) is 0 Å². The molecule has 0 unspecified atom stereocenters. The third kappa shape index (κ3) is 4.63. The molecule has 0 atom stereocenters. The molecule has 0 radical (unpaired) electrons. The largest absolute Gasteiger partial charge is 0.386 e. The predicted octanol–water partition coefficient (Wildman–Crippen LogP) is 7.93. The van der Waals surface area contributed by atoms with E-state index < -0.39 is 11.2 Å². The van der Waals surface area contributed by atoms with E-state index in [1.165, 1.54) is 22.3 Å². The van der Waals surface area contributed by atoms with Gasteiger partial charge in [0, 0.05) is 39.3 Å². The number of anilines is 4. The summed E-state index contributed by atoms with van der Waals surface area (Å²) in [4.78, 5) is 0. The van der Waals surface area contributed by atoms with Crippen LogP contribution in [-0.4, -0.2) is 10.2 Å². The smallest absolute Gasteiger partial charge is 0.0860 e. The number of para-hydroxylation sites is 2. The van der Waals surface area contributed by atoms with Crippen LogP contribution in [0, 0.1) is 0 Å². The van der Waals surface area contributed by atoms with E-state index in [1.807, 2.05) is 76.2 Å². The summed E-state index contributed by atoms with van der Waals surface area (Å²) in [5.41, 5.74) is 8.46. The average molecular weight is 493 g/mol. The molecule has 0 aromatic heterocycles. The van der Waals surface area contributed by atoms with Gasteiger partial charge < -0.3 is 20.8 Å². The minimum atomic E-state index is -0.941. The highest BCUT2D eigenvalue weighted by molar-refractivity contribution is 5.85. The monoisotopic (exact) mass is 492 g/mol. The second kappa shape index (κ2) is 8.76. The van der Waals surface area contributed by atoms with E-state index in [0.29, 0.717) is 0 Å². The molecular formula is C33H36N2O2. The van der Waals surface area contributed by atoms with Crippen molar-refractivity contribution in [1.82, 2.24) is 0 Å². The summed E-state index contributed by atoms with van der Waals surface area (Å²) in [6.45, 7) is 11.8. The number of aliphatic hydroxyl groups is 2. The Morgan fingerprint density at radius 3 is 1.32 bits per heavy atom. The van der Waals surface area contributed by atoms with E-state index in [-0.39, 0.29) is 5.41 Å². The number of fused-ring (bicyclic) bond motifs is 3. The SMILES string of the molecule is CC(C)(O)c1ccccc1Nc1ccc2c(c1)C(C)(C)c1cc(Nc3ccccc3C(C)(C)O)ccc1-2. The first-order valence-electron chi connectivity index (χ1n) is 12.8. The van der Waals surface area contributed by atoms with Crippen molar-refractivity contribution in [2.45, 2.75) is 58.2 Å². The van der Waals surface area contributed by atoms with E-state index in [2.05, 4.69) is 60.9 Å². The Labute approximate surface area is 220 Å². The number of hydrogen-bond donors (Lipinski definition) is 4. The molecule has 0 aliphatic heterocycles. The average Bonchev–Trinajstić information content (AvgIpc) is 3.05. The molecule has 0 saturated heterocycles. The van der Waals surface area contributed by atoms with Crippen LogP contribution in [0.1, 0.15) is 63.8 Å². The maximum absolute atomic E-state index is 10.6. The van der Waals surface area contributed by atoms with Gasteiger partial charge in [-0.2, -0.15) is 0 Å². The van der Waals surface area contributed by atoms with Crippen LogP contribution in [0.4, 0.5) is 22.7 Å². The lowest BCUT2D eigenvalue weighted by molar-refractivity contribution is 0.0788. The molecule has 1 aliphatic rings. The standard InChI is InChI=1S/C33H36N2O2/c1-31(2)27-19-21(34-29-13-9-7-11-25(29)32(3,4)36)15-17-23(27)24-18-16-22(20-28(24)31)35-30-14-10-8-12-26(30)33(5,6)37/h7-20,34-37H,1-6H3. The second-order valence-corrected chi connectivity index (χ2v) is 11.6. The van der Waals surface area contributed by atoms with E-state index >= 15 is 0 Å². The molecule has 4 N–H and O–H groups in total. The van der Waals surface area contributed by atoms with Crippen LogP contribution in [-0.2, 0) is 16.6 Å². The predicted molar refractivity (Wildman–Crippen MR) is 154 cm³/mol. The summed E-state index contributed by atoms with van der Waals surface area (Å²) >= 11 is 0. The molecule has 0 bridgehead atoms. The van der Waals surface area contributed by atoms with E-state index in [1.54, 1.807) is 0 Å². The maximum Gasteiger partial charge on any atom is 0.0860 e. The molecule has 0 heterocycles. The van der Waals surface area contributed by atoms with Crippen LogP contribution in [0.2, 0.25) is 0 Å². The Morgan fingerprint density at radius 2 is 0.946 bits per heavy atom. The number of hydrogen-bond acceptors (Lipinski definition) is 4. The van der Waals surface area contributed by atoms with Gasteiger partial charge in [-0.15, -0.1) is 0 Å². The molecule has 4 nitrogen and oxygen atoms in total. The molecule has 0 fully saturated rings. The lowest BCUT2D eigenvalue weighted by Gasteiger charge is -2.25. The van der Waals surface area contributed by atoms with Gasteiger partial charge in [0.25, 0.3) is 0 Å². The van der Waals surface area contributed by atoms with E-state index in [4.69, 9.17) is 0 Å². The van der Waals surface area contributed by atoms with E-state index in [0.717, 1.165) is 33.9 Å². The minimum Gasteiger partial charge on any atom is -0.386 e. The van der Waals surface area contributed by atoms with Crippen molar-refractivity contribution in [3.05, 3.63) is 107 Å². The van der Waals surface area contributed by atoms with Gasteiger partial charge in [0.05, 0.1) is 11.2 Å². The molecule has 4 aromatic rings. The molecule has 4 aromatic carbocycles. The van der Waals surface area contributed by atoms with Crippen molar-refractivity contribution in [3.63, 3.8) is 0 Å². The zero-order valence-electron chi connectivity index (χ0n) is 22.5. The van der Waals surface area contributed by atoms with Crippen LogP contribution in [0.3, 0.4) is 0 Å². The van der Waals surface area contributed by atoms with Crippen molar-refractivity contribution in [2.75, 3.05) is 10.6 Å². The first-order valence-corrected chi connectivity index (χ1v) is 12.8. The van der Waals surface area contributed by atoms with Crippen LogP contribution >= 0.6 is 0 Å². The Hall–Kier alpha value is -3.60. The van der Waals surface area contributed by atoms with Crippen LogP contribution in [0.5, 0.6) is 0 Å². The summed E-state index contributed by atoms with van der Waals surface area (Å²) in [6, 6.07) is 28.8. The second-order valence-electron chi connectivity index (χ2n) is 11.6. The van der Waals surface area contributed by atoms with Crippen LogP contribution in [0.15, 0.2) is 84.9 Å². The minimum absolute atomic E-state index is 0.189. The van der Waals surface area contributed by atoms with Crippen LogP contribution in [0.25, 0.3) is 11.1 Å². The van der Waals surface area contributed by atoms with Crippen molar-refractivity contribution >= 4 is 22.7 Å². The molecule has 1 aliphatic carbocycles. The van der Waals surface area contributed by atoms with Crippen molar-refractivity contribution in [3.8, 4) is 11.1 Å². The van der Waals surface area contributed by atoms with E-state index in [9.17, 15) is 10.2 Å². The van der Waals surface area contributed by atoms with Gasteiger partial charge in [0.1, 0.15) is 0 Å². The number of nitrogens with one attached hydrogen (secondary N) is 2. The molecule has 190 valence electrons. The van der Waals surface area contributed by atoms with Crippen molar-refractivity contribution in [1.29, 1.82) is 0 Å². The Kier molecular flexibility index (Phi) is 5.93. The van der Waals surface area contributed by atoms with Gasteiger partial charge in [0.2, 0.25) is 0 Å². The lowest BCUT2D eigenvalue weighted by atomic mass is 9.82. The normalized spacial score (nSPS) is 14.2. The molecule has 37 heavy (non-hydrogen) atoms. The highest BCUT2D eigenvalue weighted by atomic mass is 16.3. The Morgan fingerprint density at radius 1 is 0.568 bits per heavy atom. The molecule has 5 rings (SSSR count). The highest BCUT2D eigenvalue weighted by Crippen LogP contribution is 2.50. The van der Waals surface area contributed by atoms with Gasteiger partial charge in [0.15, 0.2) is 0 Å². The first kappa shape index (κ1) is 25.1. The van der Waals surface area contributed by atoms with Gasteiger partial charge in [-0.05, 0) is 86.3 Å². The molecule has 0 spiro atoms. The zero-order chi connectivity index (χ0) is 26.6. The molecule has 4 heteroatoms. The number of benzene rings is 4. The fourth-order valence-electron chi connectivity index (χ4n) is 5.46. The molecule has 0 saturated carbocycles. The Bertz CT molecular complexity index is 1360. The first-order chi connectivity index (χ1) is 17.4. The third-order valence-corrected chi connectivity index (χ3v) is 7.41. The van der Waals surface area contributed by atoms with Crippen LogP contribution < -0.4 is 10.6 Å². The van der Waals surface area contributed by atoms with Crippen molar-refractivity contribution in [2.24, 2.45) is 0 Å². The van der Waals surface area contributed by atoms with Gasteiger partial charge in [-0.1, -0.05) is 62.4 Å². The van der Waals surface area contributed by atoms with Gasteiger partial charge in [-0.3, -0.25) is 0 Å². The highest BCUT2D eigenvalue weighted by Gasteiger charge is 2.36. The zero-order valence-corrected chi connectivity index (χ0v) is 22.5. The fraction of sp³-hybridized carbons (Fsp3) is 0.273.